The van der Waals surface area contributed by atoms with Gasteiger partial charge in [-0.3, -0.25) is 24.8 Å². The number of carbonyl (C=O) groups is 2. The van der Waals surface area contributed by atoms with Crippen molar-refractivity contribution in [2.24, 2.45) is 5.92 Å². The number of amides is 2. The summed E-state index contributed by atoms with van der Waals surface area (Å²) < 4.78 is 7.25. The first-order valence-electron chi connectivity index (χ1n) is 18.6. The van der Waals surface area contributed by atoms with Crippen LogP contribution in [0.3, 0.4) is 0 Å². The standard InChI is InChI=1S/C38H40N12O3S/c39-17-25-15-28-2-4-33(50(28)42-18-25)32-16-31(43-27-22-53-23-27)30(20-40-32)37-45-46-38(54-37)49-13-11-47(12-14-49)21-24-7-9-48(10-8-24)34-5-1-26(19-41-34)29-3-6-35(51)44-36(29)52/h1-2,4-5,15-16,18-20,24,27,29H,3,6-14,21-23H2,(H,40,43)(H,44,51,52)/t29-/m0/s1. The van der Waals surface area contributed by atoms with E-state index in [0.29, 0.717) is 37.5 Å². The third-order valence-corrected chi connectivity index (χ3v) is 12.0. The van der Waals surface area contributed by atoms with E-state index >= 15 is 0 Å². The van der Waals surface area contributed by atoms with Gasteiger partial charge in [0.25, 0.3) is 0 Å². The molecular weight excluding hydrogens is 705 g/mol. The molecule has 9 heterocycles. The lowest BCUT2D eigenvalue weighted by atomic mass is 9.91. The summed E-state index contributed by atoms with van der Waals surface area (Å²) in [5.74, 6) is 0.858. The van der Waals surface area contributed by atoms with Gasteiger partial charge < -0.3 is 19.9 Å². The van der Waals surface area contributed by atoms with Gasteiger partial charge in [-0.05, 0) is 61.1 Å². The number of pyridine rings is 2. The summed E-state index contributed by atoms with van der Waals surface area (Å²) in [5, 5.41) is 30.8. The zero-order valence-corrected chi connectivity index (χ0v) is 30.5. The molecule has 4 fully saturated rings. The topological polar surface area (TPSA) is 170 Å². The molecule has 4 aliphatic heterocycles. The van der Waals surface area contributed by atoms with Crippen molar-refractivity contribution in [1.29, 1.82) is 5.26 Å². The highest BCUT2D eigenvalue weighted by Gasteiger charge is 2.30. The quantitative estimate of drug-likeness (QED) is 0.210. The molecule has 2 amide bonds. The minimum Gasteiger partial charge on any atom is -0.377 e. The summed E-state index contributed by atoms with van der Waals surface area (Å²) in [5.41, 5.74) is 5.65. The van der Waals surface area contributed by atoms with Crippen LogP contribution in [0.2, 0.25) is 0 Å². The normalized spacial score (nSPS) is 20.2. The number of piperazine rings is 1. The fraction of sp³-hybridized carbons (Fsp3) is 0.421. The molecule has 16 heteroatoms. The van der Waals surface area contributed by atoms with Crippen molar-refractivity contribution >= 4 is 45.3 Å². The average molecular weight is 745 g/mol. The molecule has 4 aliphatic rings. The lowest BCUT2D eigenvalue weighted by Crippen LogP contribution is -2.49. The van der Waals surface area contributed by atoms with Crippen LogP contribution in [-0.4, -0.2) is 112 Å². The maximum atomic E-state index is 12.3. The van der Waals surface area contributed by atoms with Gasteiger partial charge in [0, 0.05) is 70.3 Å². The monoisotopic (exact) mass is 744 g/mol. The highest BCUT2D eigenvalue weighted by molar-refractivity contribution is 7.18. The van der Waals surface area contributed by atoms with Gasteiger partial charge >= 0.3 is 0 Å². The number of ether oxygens (including phenoxy) is 1. The number of hydrogen-bond acceptors (Lipinski definition) is 14. The molecule has 0 aromatic carbocycles. The van der Waals surface area contributed by atoms with E-state index in [4.69, 9.17) is 14.7 Å². The Morgan fingerprint density at radius 3 is 2.52 bits per heavy atom. The molecule has 54 heavy (non-hydrogen) atoms. The number of anilines is 3. The maximum Gasteiger partial charge on any atom is 0.234 e. The fourth-order valence-electron chi connectivity index (χ4n) is 7.76. The Hall–Kier alpha value is -5.50. The first-order chi connectivity index (χ1) is 26.5. The summed E-state index contributed by atoms with van der Waals surface area (Å²) in [4.78, 5) is 40.6. The van der Waals surface area contributed by atoms with E-state index in [9.17, 15) is 14.9 Å². The van der Waals surface area contributed by atoms with Crippen LogP contribution in [0.1, 0.15) is 42.7 Å². The van der Waals surface area contributed by atoms with Crippen molar-refractivity contribution in [3.05, 3.63) is 66.1 Å². The summed E-state index contributed by atoms with van der Waals surface area (Å²) in [6.45, 7) is 8.09. The Balaban J connectivity index is 0.798. The van der Waals surface area contributed by atoms with E-state index in [-0.39, 0.29) is 23.8 Å². The molecule has 1 atom stereocenters. The zero-order chi connectivity index (χ0) is 36.6. The SMILES string of the molecule is N#Cc1cnn2c(-c3cc(NC4COC4)c(-c4nnc(N5CCN(CC6CCN(c7ccc([C@@H]8CCC(=O)NC8=O)cn7)CC6)CC5)s4)cn3)ccc2c1. The van der Waals surface area contributed by atoms with Gasteiger partial charge in [0.2, 0.25) is 16.9 Å². The summed E-state index contributed by atoms with van der Waals surface area (Å²) in [7, 11) is 0. The second-order valence-electron chi connectivity index (χ2n) is 14.5. The average Bonchev–Trinajstić information content (AvgIpc) is 3.85. The molecule has 0 spiro atoms. The number of piperidine rings is 2. The molecule has 0 bridgehead atoms. The van der Waals surface area contributed by atoms with E-state index in [1.807, 2.05) is 42.6 Å². The Morgan fingerprint density at radius 2 is 1.78 bits per heavy atom. The summed E-state index contributed by atoms with van der Waals surface area (Å²) in [6.07, 6.45) is 8.37. The number of aromatic nitrogens is 6. The lowest BCUT2D eigenvalue weighted by molar-refractivity contribution is -0.134. The molecule has 4 saturated heterocycles. The Labute approximate surface area is 316 Å². The number of fused-ring (bicyclic) bond motifs is 1. The molecule has 5 aromatic heterocycles. The van der Waals surface area contributed by atoms with E-state index in [0.717, 1.165) is 108 Å². The number of nitrogens with one attached hydrogen (secondary N) is 2. The van der Waals surface area contributed by atoms with E-state index in [2.05, 4.69) is 46.7 Å². The van der Waals surface area contributed by atoms with Gasteiger partial charge in [0.1, 0.15) is 11.9 Å². The van der Waals surface area contributed by atoms with Crippen molar-refractivity contribution in [2.45, 2.75) is 37.6 Å². The smallest absolute Gasteiger partial charge is 0.234 e. The van der Waals surface area contributed by atoms with Crippen molar-refractivity contribution in [3.63, 3.8) is 0 Å². The van der Waals surface area contributed by atoms with Gasteiger partial charge in [-0.1, -0.05) is 17.4 Å². The molecule has 0 radical (unpaired) electrons. The molecule has 5 aromatic rings. The van der Waals surface area contributed by atoms with Crippen LogP contribution in [0.15, 0.2) is 55.0 Å². The molecule has 276 valence electrons. The minimum absolute atomic E-state index is 0.199. The second-order valence-corrected chi connectivity index (χ2v) is 15.4. The Morgan fingerprint density at radius 1 is 0.926 bits per heavy atom. The van der Waals surface area contributed by atoms with Crippen molar-refractivity contribution in [1.82, 2.24) is 40.0 Å². The third kappa shape index (κ3) is 6.97. The molecule has 0 saturated carbocycles. The Kier molecular flexibility index (Phi) is 9.35. The first-order valence-corrected chi connectivity index (χ1v) is 19.4. The number of rotatable bonds is 9. The first kappa shape index (κ1) is 34.3. The van der Waals surface area contributed by atoms with Crippen molar-refractivity contribution in [2.75, 3.05) is 74.1 Å². The van der Waals surface area contributed by atoms with Gasteiger partial charge in [0.15, 0.2) is 5.01 Å². The predicted octanol–water partition coefficient (Wildman–Crippen LogP) is 3.55. The molecule has 9 rings (SSSR count). The van der Waals surface area contributed by atoms with Gasteiger partial charge in [-0.2, -0.15) is 10.4 Å². The highest BCUT2D eigenvalue weighted by atomic mass is 32.1. The predicted molar refractivity (Wildman–Crippen MR) is 203 cm³/mol. The van der Waals surface area contributed by atoms with Crippen LogP contribution >= 0.6 is 11.3 Å². The second kappa shape index (κ2) is 14.7. The van der Waals surface area contributed by atoms with Gasteiger partial charge in [-0.25, -0.2) is 9.50 Å². The number of imide groups is 1. The molecule has 2 N–H and O–H groups in total. The van der Waals surface area contributed by atoms with Crippen LogP contribution in [0.4, 0.5) is 16.6 Å². The van der Waals surface area contributed by atoms with Crippen LogP contribution in [0, 0.1) is 17.2 Å². The number of nitrogens with zero attached hydrogens (tertiary/aromatic N) is 10. The lowest BCUT2D eigenvalue weighted by Gasteiger charge is -2.39. The summed E-state index contributed by atoms with van der Waals surface area (Å²) >= 11 is 1.59. The van der Waals surface area contributed by atoms with E-state index in [1.165, 1.54) is 0 Å². The molecular formula is C38H40N12O3S. The van der Waals surface area contributed by atoms with Crippen molar-refractivity contribution in [3.8, 4) is 28.0 Å². The van der Waals surface area contributed by atoms with Crippen LogP contribution in [0.25, 0.3) is 27.5 Å². The van der Waals surface area contributed by atoms with Gasteiger partial charge in [0.05, 0.1) is 59.4 Å². The largest absolute Gasteiger partial charge is 0.377 e. The zero-order valence-electron chi connectivity index (χ0n) is 29.7. The van der Waals surface area contributed by atoms with Crippen LogP contribution in [-0.2, 0) is 14.3 Å². The fourth-order valence-corrected chi connectivity index (χ4v) is 8.68. The van der Waals surface area contributed by atoms with E-state index < -0.39 is 0 Å². The molecule has 0 unspecified atom stereocenters. The summed E-state index contributed by atoms with van der Waals surface area (Å²) in [6, 6.07) is 14.1. The maximum absolute atomic E-state index is 12.3. The molecule has 15 nitrogen and oxygen atoms in total. The minimum atomic E-state index is -0.306. The third-order valence-electron chi connectivity index (χ3n) is 10.9. The number of carbonyl (C=O) groups excluding carboxylic acids is 2. The van der Waals surface area contributed by atoms with E-state index in [1.54, 1.807) is 28.2 Å². The molecule has 0 aliphatic carbocycles. The van der Waals surface area contributed by atoms with Gasteiger partial charge in [-0.15, -0.1) is 10.2 Å². The highest BCUT2D eigenvalue weighted by Crippen LogP contribution is 2.37. The number of hydrogen-bond donors (Lipinski definition) is 2. The van der Waals surface area contributed by atoms with Crippen LogP contribution < -0.4 is 20.4 Å². The number of nitriles is 1. The van der Waals surface area contributed by atoms with Crippen molar-refractivity contribution < 1.29 is 14.3 Å². The van der Waals surface area contributed by atoms with Crippen LogP contribution in [0.5, 0.6) is 0 Å². The Bertz CT molecular complexity index is 2210.